The van der Waals surface area contributed by atoms with Crippen molar-refractivity contribution < 1.29 is 9.53 Å². The van der Waals surface area contributed by atoms with Gasteiger partial charge in [0.1, 0.15) is 0 Å². The lowest BCUT2D eigenvalue weighted by Crippen LogP contribution is -2.39. The number of hydrogen-bond donors (Lipinski definition) is 0. The van der Waals surface area contributed by atoms with Crippen LogP contribution in [-0.4, -0.2) is 48.5 Å². The fraction of sp³-hybridized carbons (Fsp3) is 0.600. The molecule has 0 N–H and O–H groups in total. The van der Waals surface area contributed by atoms with Gasteiger partial charge in [0.2, 0.25) is 0 Å². The molecule has 1 aliphatic rings. The summed E-state index contributed by atoms with van der Waals surface area (Å²) >= 11 is 3.03. The van der Waals surface area contributed by atoms with Gasteiger partial charge in [-0.15, -0.1) is 0 Å². The van der Waals surface area contributed by atoms with Gasteiger partial charge < -0.3 is 9.30 Å². The second-order valence-corrected chi connectivity index (χ2v) is 7.63. The minimum atomic E-state index is -0.380. The fourth-order valence-electron chi connectivity index (χ4n) is 2.74. The van der Waals surface area contributed by atoms with E-state index in [0.29, 0.717) is 29.5 Å². The zero-order valence-corrected chi connectivity index (χ0v) is 16.0. The molecule has 0 aliphatic carbocycles. The Kier molecular flexibility index (Phi) is 5.28. The van der Waals surface area contributed by atoms with Crippen molar-refractivity contribution in [3.05, 3.63) is 20.8 Å². The first-order valence-corrected chi connectivity index (χ1v) is 10.2. The Morgan fingerprint density at radius 1 is 1.36 bits per heavy atom. The number of carbonyl (C=O) groups is 1. The summed E-state index contributed by atoms with van der Waals surface area (Å²) in [5.74, 6) is 1.56. The van der Waals surface area contributed by atoms with Gasteiger partial charge in [0, 0.05) is 25.1 Å². The van der Waals surface area contributed by atoms with Gasteiger partial charge in [0.25, 0.3) is 5.56 Å². The molecule has 25 heavy (non-hydrogen) atoms. The lowest BCUT2D eigenvalue weighted by Gasteiger charge is -2.28. The second-order valence-electron chi connectivity index (χ2n) is 5.61. The summed E-state index contributed by atoms with van der Waals surface area (Å²) in [5, 5.41) is 0.578. The summed E-state index contributed by atoms with van der Waals surface area (Å²) in [6.45, 7) is 4.15. The Morgan fingerprint density at radius 3 is 2.64 bits per heavy atom. The van der Waals surface area contributed by atoms with Crippen LogP contribution < -0.4 is 11.2 Å². The number of carbonyl (C=O) groups excluding carboxylic acids is 1. The number of thioether (sulfide) groups is 2. The van der Waals surface area contributed by atoms with Crippen molar-refractivity contribution in [2.24, 2.45) is 7.05 Å². The van der Waals surface area contributed by atoms with Crippen molar-refractivity contribution in [1.82, 2.24) is 18.7 Å². The van der Waals surface area contributed by atoms with Gasteiger partial charge in [-0.3, -0.25) is 18.7 Å². The van der Waals surface area contributed by atoms with E-state index in [4.69, 9.17) is 4.74 Å². The van der Waals surface area contributed by atoms with Crippen LogP contribution in [0.25, 0.3) is 11.2 Å². The van der Waals surface area contributed by atoms with Crippen LogP contribution in [-0.2, 0) is 23.1 Å². The smallest absolute Gasteiger partial charge is 0.332 e. The number of hydrogen-bond acceptors (Lipinski definition) is 7. The molecule has 0 radical (unpaired) electrons. The average Bonchev–Trinajstić information content (AvgIpc) is 2.90. The molecule has 10 heteroatoms. The van der Waals surface area contributed by atoms with Crippen LogP contribution in [0.3, 0.4) is 0 Å². The van der Waals surface area contributed by atoms with Crippen LogP contribution in [0, 0.1) is 0 Å². The predicted molar refractivity (Wildman–Crippen MR) is 98.6 cm³/mol. The highest BCUT2D eigenvalue weighted by atomic mass is 32.2. The molecule has 3 rings (SSSR count). The molecular formula is C15H20N4O4S2. The summed E-state index contributed by atoms with van der Waals surface area (Å²) in [7, 11) is 1.61. The molecule has 2 aromatic rings. The van der Waals surface area contributed by atoms with E-state index in [0.717, 1.165) is 11.5 Å². The van der Waals surface area contributed by atoms with Crippen LogP contribution in [0.2, 0.25) is 0 Å². The highest BCUT2D eigenvalue weighted by Gasteiger charge is 2.29. The third-order valence-corrected chi connectivity index (χ3v) is 6.24. The van der Waals surface area contributed by atoms with E-state index in [2.05, 4.69) is 4.98 Å². The van der Waals surface area contributed by atoms with Gasteiger partial charge >= 0.3 is 11.7 Å². The summed E-state index contributed by atoms with van der Waals surface area (Å²) in [6, 6.07) is 0.148. The van der Waals surface area contributed by atoms with Crippen molar-refractivity contribution in [3.8, 4) is 0 Å². The predicted octanol–water partition coefficient (Wildman–Crippen LogP) is 0.860. The van der Waals surface area contributed by atoms with Crippen LogP contribution in [0.15, 0.2) is 14.7 Å². The SMILES string of the molecule is CCOC(=O)CSc1nc2c(c(=O)n(CC)c(=O)n2C)n1C1CSC1. The van der Waals surface area contributed by atoms with E-state index in [1.807, 2.05) is 4.57 Å². The van der Waals surface area contributed by atoms with E-state index < -0.39 is 0 Å². The van der Waals surface area contributed by atoms with Gasteiger partial charge in [-0.05, 0) is 13.8 Å². The molecule has 0 spiro atoms. The van der Waals surface area contributed by atoms with Gasteiger partial charge in [0.15, 0.2) is 16.3 Å². The van der Waals surface area contributed by atoms with E-state index >= 15 is 0 Å². The van der Waals surface area contributed by atoms with E-state index in [1.165, 1.54) is 20.9 Å². The molecule has 0 aromatic carbocycles. The molecule has 0 unspecified atom stereocenters. The van der Waals surface area contributed by atoms with E-state index in [9.17, 15) is 14.4 Å². The highest BCUT2D eigenvalue weighted by Crippen LogP contribution is 2.35. The summed E-state index contributed by atoms with van der Waals surface area (Å²) < 4.78 is 9.47. The minimum Gasteiger partial charge on any atom is -0.465 e. The number of nitrogens with zero attached hydrogens (tertiary/aromatic N) is 4. The zero-order chi connectivity index (χ0) is 18.1. The van der Waals surface area contributed by atoms with E-state index in [-0.39, 0.29) is 29.0 Å². The Hall–Kier alpha value is -1.68. The molecule has 1 fully saturated rings. The first kappa shape index (κ1) is 18.1. The topological polar surface area (TPSA) is 88.1 Å². The lowest BCUT2D eigenvalue weighted by molar-refractivity contribution is -0.139. The minimum absolute atomic E-state index is 0.118. The lowest BCUT2D eigenvalue weighted by atomic mass is 10.3. The third kappa shape index (κ3) is 3.12. The molecule has 2 aromatic heterocycles. The Labute approximate surface area is 152 Å². The first-order valence-electron chi connectivity index (χ1n) is 8.07. The van der Waals surface area contributed by atoms with Crippen molar-refractivity contribution in [2.75, 3.05) is 23.9 Å². The molecule has 0 atom stereocenters. The molecule has 0 amide bonds. The fourth-order valence-corrected chi connectivity index (χ4v) is 4.34. The molecule has 8 nitrogen and oxygen atoms in total. The second kappa shape index (κ2) is 7.28. The average molecular weight is 384 g/mol. The Balaban J connectivity index is 2.15. The Morgan fingerprint density at radius 2 is 2.08 bits per heavy atom. The summed E-state index contributed by atoms with van der Waals surface area (Å²) in [4.78, 5) is 41.4. The largest absolute Gasteiger partial charge is 0.465 e. The van der Waals surface area contributed by atoms with Crippen molar-refractivity contribution >= 4 is 40.7 Å². The number of aromatic nitrogens is 4. The maximum absolute atomic E-state index is 12.8. The van der Waals surface area contributed by atoms with Crippen molar-refractivity contribution in [3.63, 3.8) is 0 Å². The summed E-state index contributed by atoms with van der Waals surface area (Å²) in [5.41, 5.74) is 0.0890. The van der Waals surface area contributed by atoms with Crippen LogP contribution in [0.4, 0.5) is 0 Å². The van der Waals surface area contributed by atoms with Gasteiger partial charge in [0.05, 0.1) is 18.4 Å². The van der Waals surface area contributed by atoms with Crippen LogP contribution >= 0.6 is 23.5 Å². The molecule has 136 valence electrons. The molecule has 3 heterocycles. The number of ether oxygens (including phenoxy) is 1. The third-order valence-electron chi connectivity index (χ3n) is 4.07. The number of imidazole rings is 1. The standard InChI is InChI=1S/C15H20N4O4S2/c1-4-18-13(21)11-12(17(3)15(18)22)16-14(19(11)9-6-24-7-9)25-8-10(20)23-5-2/h9H,4-8H2,1-3H3. The highest BCUT2D eigenvalue weighted by molar-refractivity contribution is 8.00. The van der Waals surface area contributed by atoms with Gasteiger partial charge in [-0.1, -0.05) is 11.8 Å². The molecule has 0 bridgehead atoms. The number of aryl methyl sites for hydroxylation is 1. The maximum Gasteiger partial charge on any atom is 0.332 e. The maximum atomic E-state index is 12.8. The number of esters is 1. The molecule has 1 saturated heterocycles. The zero-order valence-electron chi connectivity index (χ0n) is 14.4. The van der Waals surface area contributed by atoms with Crippen molar-refractivity contribution in [2.45, 2.75) is 31.6 Å². The molecule has 0 saturated carbocycles. The first-order chi connectivity index (χ1) is 12.0. The summed E-state index contributed by atoms with van der Waals surface area (Å²) in [6.07, 6.45) is 0. The van der Waals surface area contributed by atoms with Crippen LogP contribution in [0.1, 0.15) is 19.9 Å². The van der Waals surface area contributed by atoms with E-state index in [1.54, 1.807) is 32.7 Å². The number of fused-ring (bicyclic) bond motifs is 1. The van der Waals surface area contributed by atoms with Crippen molar-refractivity contribution in [1.29, 1.82) is 0 Å². The monoisotopic (exact) mass is 384 g/mol. The van der Waals surface area contributed by atoms with Gasteiger partial charge in [-0.25, -0.2) is 9.78 Å². The van der Waals surface area contributed by atoms with Crippen LogP contribution in [0.5, 0.6) is 0 Å². The quantitative estimate of drug-likeness (QED) is 0.539. The van der Waals surface area contributed by atoms with Gasteiger partial charge in [-0.2, -0.15) is 11.8 Å². The Bertz CT molecular complexity index is 926. The number of rotatable bonds is 6. The molecule has 1 aliphatic heterocycles. The molecular weight excluding hydrogens is 364 g/mol. The normalized spacial score (nSPS) is 14.7.